The smallest absolute Gasteiger partial charge is 0.239 e. The Kier molecular flexibility index (Phi) is 5.80. The highest BCUT2D eigenvalue weighted by atomic mass is 32.2. The fourth-order valence-electron chi connectivity index (χ4n) is 2.91. The van der Waals surface area contributed by atoms with Crippen molar-refractivity contribution < 1.29 is 18.7 Å². The number of hydrogen-bond acceptors (Lipinski definition) is 6. The lowest BCUT2D eigenvalue weighted by Crippen LogP contribution is -2.45. The van der Waals surface area contributed by atoms with Gasteiger partial charge in [0.25, 0.3) is 0 Å². The van der Waals surface area contributed by atoms with E-state index >= 15 is 0 Å². The Labute approximate surface area is 145 Å². The summed E-state index contributed by atoms with van der Waals surface area (Å²) in [6.07, 6.45) is 0. The Hall–Kier alpha value is -1.51. The van der Waals surface area contributed by atoms with Gasteiger partial charge in [0.1, 0.15) is 18.1 Å². The van der Waals surface area contributed by atoms with Crippen LogP contribution in [0, 0.1) is 6.92 Å². The van der Waals surface area contributed by atoms with Gasteiger partial charge in [0.15, 0.2) is 0 Å². The van der Waals surface area contributed by atoms with Crippen molar-refractivity contribution in [3.05, 3.63) is 23.7 Å². The molecule has 2 fully saturated rings. The summed E-state index contributed by atoms with van der Waals surface area (Å²) >= 11 is 1.54. The highest BCUT2D eigenvalue weighted by molar-refractivity contribution is 8.00. The molecule has 132 valence electrons. The van der Waals surface area contributed by atoms with Crippen LogP contribution >= 0.6 is 11.8 Å². The van der Waals surface area contributed by atoms with E-state index in [9.17, 15) is 9.59 Å². The molecule has 1 atom stereocenters. The van der Waals surface area contributed by atoms with Crippen molar-refractivity contribution in [1.82, 2.24) is 15.1 Å². The van der Waals surface area contributed by atoms with Crippen LogP contribution < -0.4 is 5.32 Å². The number of rotatable bonds is 6. The zero-order chi connectivity index (χ0) is 16.9. The van der Waals surface area contributed by atoms with Crippen LogP contribution in [0.15, 0.2) is 16.5 Å². The molecule has 2 amide bonds. The largest absolute Gasteiger partial charge is 0.465 e. The van der Waals surface area contributed by atoms with Gasteiger partial charge in [0, 0.05) is 19.6 Å². The maximum atomic E-state index is 12.2. The summed E-state index contributed by atoms with van der Waals surface area (Å²) < 4.78 is 11.2. The van der Waals surface area contributed by atoms with Gasteiger partial charge >= 0.3 is 0 Å². The summed E-state index contributed by atoms with van der Waals surface area (Å²) in [6, 6.07) is 3.88. The first-order valence-corrected chi connectivity index (χ1v) is 9.29. The molecule has 7 nitrogen and oxygen atoms in total. The monoisotopic (exact) mass is 353 g/mol. The SMILES string of the molecule is Cc1ccc(C(CNC(=O)CN2CSCC2=O)N2CCOCC2)o1. The standard InChI is InChI=1S/C16H23N3O4S/c1-12-2-3-14(23-12)13(18-4-6-22-7-5-18)8-17-15(20)9-19-11-24-10-16(19)21/h2-3,13H,4-11H2,1H3,(H,17,20). The molecule has 1 N–H and O–H groups in total. The van der Waals surface area contributed by atoms with Crippen molar-refractivity contribution in [3.63, 3.8) is 0 Å². The molecule has 2 aliphatic heterocycles. The van der Waals surface area contributed by atoms with E-state index in [1.807, 2.05) is 19.1 Å². The fourth-order valence-corrected chi connectivity index (χ4v) is 3.82. The zero-order valence-corrected chi connectivity index (χ0v) is 14.6. The molecule has 24 heavy (non-hydrogen) atoms. The summed E-state index contributed by atoms with van der Waals surface area (Å²) in [4.78, 5) is 27.6. The van der Waals surface area contributed by atoms with Crippen LogP contribution in [0.5, 0.6) is 0 Å². The van der Waals surface area contributed by atoms with Crippen LogP contribution in [0.3, 0.4) is 0 Å². The molecule has 0 aromatic carbocycles. The fraction of sp³-hybridized carbons (Fsp3) is 0.625. The Bertz CT molecular complexity index is 586. The van der Waals surface area contributed by atoms with Crippen LogP contribution in [0.1, 0.15) is 17.6 Å². The molecule has 0 saturated carbocycles. The summed E-state index contributed by atoms with van der Waals surface area (Å²) in [6.45, 7) is 5.48. The van der Waals surface area contributed by atoms with Gasteiger partial charge in [-0.3, -0.25) is 14.5 Å². The minimum absolute atomic E-state index is 0.0183. The number of carbonyl (C=O) groups is 2. The van der Waals surface area contributed by atoms with Crippen molar-refractivity contribution in [2.24, 2.45) is 0 Å². The number of nitrogens with zero attached hydrogens (tertiary/aromatic N) is 2. The first-order chi connectivity index (χ1) is 11.6. The average molecular weight is 353 g/mol. The summed E-state index contributed by atoms with van der Waals surface area (Å²) in [5.74, 6) is 2.66. The molecule has 0 spiro atoms. The molecule has 1 unspecified atom stereocenters. The predicted octanol–water partition coefficient (Wildman–Crippen LogP) is 0.610. The lowest BCUT2D eigenvalue weighted by Gasteiger charge is -2.33. The molecule has 8 heteroatoms. The van der Waals surface area contributed by atoms with Crippen LogP contribution in [0.4, 0.5) is 0 Å². The first kappa shape index (κ1) is 17.3. The van der Waals surface area contributed by atoms with E-state index in [-0.39, 0.29) is 24.4 Å². The molecular weight excluding hydrogens is 330 g/mol. The van der Waals surface area contributed by atoms with Gasteiger partial charge < -0.3 is 19.4 Å². The number of morpholine rings is 1. The highest BCUT2D eigenvalue weighted by Gasteiger charge is 2.27. The van der Waals surface area contributed by atoms with Gasteiger partial charge in [-0.25, -0.2) is 0 Å². The molecule has 3 rings (SSSR count). The van der Waals surface area contributed by atoms with Gasteiger partial charge in [-0.1, -0.05) is 0 Å². The van der Waals surface area contributed by atoms with E-state index in [0.29, 0.717) is 31.4 Å². The lowest BCUT2D eigenvalue weighted by molar-refractivity contribution is -0.132. The van der Waals surface area contributed by atoms with Crippen molar-refractivity contribution >= 4 is 23.6 Å². The Balaban J connectivity index is 1.59. The second-order valence-electron chi connectivity index (χ2n) is 5.99. The number of carbonyl (C=O) groups excluding carboxylic acids is 2. The first-order valence-electron chi connectivity index (χ1n) is 8.14. The second-order valence-corrected chi connectivity index (χ2v) is 6.94. The Morgan fingerprint density at radius 2 is 2.17 bits per heavy atom. The van der Waals surface area contributed by atoms with E-state index in [0.717, 1.165) is 24.6 Å². The third-order valence-electron chi connectivity index (χ3n) is 4.23. The maximum absolute atomic E-state index is 12.2. The summed E-state index contributed by atoms with van der Waals surface area (Å²) in [5, 5.41) is 2.95. The molecule has 2 aliphatic rings. The third kappa shape index (κ3) is 4.31. The molecule has 1 aromatic heterocycles. The lowest BCUT2D eigenvalue weighted by atomic mass is 10.1. The number of ether oxygens (including phenoxy) is 1. The number of hydrogen-bond donors (Lipinski definition) is 1. The highest BCUT2D eigenvalue weighted by Crippen LogP contribution is 2.23. The van der Waals surface area contributed by atoms with Crippen molar-refractivity contribution in [1.29, 1.82) is 0 Å². The van der Waals surface area contributed by atoms with Crippen molar-refractivity contribution in [3.8, 4) is 0 Å². The number of nitrogens with one attached hydrogen (secondary N) is 1. The van der Waals surface area contributed by atoms with Crippen LogP contribution in [-0.2, 0) is 14.3 Å². The van der Waals surface area contributed by atoms with E-state index < -0.39 is 0 Å². The Morgan fingerprint density at radius 1 is 1.38 bits per heavy atom. The van der Waals surface area contributed by atoms with Crippen LogP contribution in [0.2, 0.25) is 0 Å². The number of amides is 2. The third-order valence-corrected chi connectivity index (χ3v) is 5.17. The van der Waals surface area contributed by atoms with Gasteiger partial charge in [-0.15, -0.1) is 11.8 Å². The van der Waals surface area contributed by atoms with Gasteiger partial charge in [0.05, 0.1) is 30.9 Å². The maximum Gasteiger partial charge on any atom is 0.239 e. The Morgan fingerprint density at radius 3 is 2.79 bits per heavy atom. The van der Waals surface area contributed by atoms with Crippen molar-refractivity contribution in [2.45, 2.75) is 13.0 Å². The van der Waals surface area contributed by atoms with E-state index in [1.54, 1.807) is 4.90 Å². The van der Waals surface area contributed by atoms with Gasteiger partial charge in [-0.2, -0.15) is 0 Å². The normalized spacial score (nSPS) is 20.4. The van der Waals surface area contributed by atoms with E-state index in [1.165, 1.54) is 11.8 Å². The van der Waals surface area contributed by atoms with E-state index in [4.69, 9.17) is 9.15 Å². The number of furan rings is 1. The quantitative estimate of drug-likeness (QED) is 0.808. The van der Waals surface area contributed by atoms with Crippen LogP contribution in [0.25, 0.3) is 0 Å². The molecular formula is C16H23N3O4S. The zero-order valence-electron chi connectivity index (χ0n) is 13.8. The van der Waals surface area contributed by atoms with Crippen molar-refractivity contribution in [2.75, 3.05) is 51.0 Å². The van der Waals surface area contributed by atoms with Crippen LogP contribution in [-0.4, -0.2) is 72.6 Å². The molecule has 3 heterocycles. The topological polar surface area (TPSA) is 75.0 Å². The van der Waals surface area contributed by atoms with E-state index in [2.05, 4.69) is 10.2 Å². The second kappa shape index (κ2) is 8.04. The van der Waals surface area contributed by atoms with Gasteiger partial charge in [0.2, 0.25) is 11.8 Å². The number of aryl methyl sites for hydroxylation is 1. The molecule has 0 aliphatic carbocycles. The summed E-state index contributed by atoms with van der Waals surface area (Å²) in [7, 11) is 0. The molecule has 2 saturated heterocycles. The number of thioether (sulfide) groups is 1. The predicted molar refractivity (Wildman–Crippen MR) is 90.6 cm³/mol. The average Bonchev–Trinajstić information content (AvgIpc) is 3.18. The molecule has 0 radical (unpaired) electrons. The molecule has 1 aromatic rings. The minimum atomic E-state index is -0.132. The van der Waals surface area contributed by atoms with Gasteiger partial charge in [-0.05, 0) is 19.1 Å². The summed E-state index contributed by atoms with van der Waals surface area (Å²) in [5.41, 5.74) is 0. The minimum Gasteiger partial charge on any atom is -0.465 e. The molecule has 0 bridgehead atoms.